The Balaban J connectivity index is 1.13. The molecule has 0 spiro atoms. The van der Waals surface area contributed by atoms with E-state index in [2.05, 4.69) is 57.2 Å². The highest BCUT2D eigenvalue weighted by atomic mass is 16.3. The summed E-state index contributed by atoms with van der Waals surface area (Å²) in [5.41, 5.74) is 2.17. The molecule has 4 heteroatoms. The van der Waals surface area contributed by atoms with Gasteiger partial charge in [0.05, 0.1) is 5.60 Å². The fourth-order valence-electron chi connectivity index (χ4n) is 6.99. The van der Waals surface area contributed by atoms with Gasteiger partial charge in [-0.15, -0.1) is 0 Å². The number of rotatable bonds is 9. The maximum absolute atomic E-state index is 11.2. The third-order valence-electron chi connectivity index (χ3n) is 9.07. The quantitative estimate of drug-likeness (QED) is 0.518. The Morgan fingerprint density at radius 2 is 1.63 bits per heavy atom. The molecule has 0 amide bonds. The minimum atomic E-state index is -0.493. The van der Waals surface area contributed by atoms with E-state index in [1.165, 1.54) is 63.8 Å². The molecule has 3 aliphatic rings. The van der Waals surface area contributed by atoms with Gasteiger partial charge in [-0.1, -0.05) is 55.7 Å². The van der Waals surface area contributed by atoms with E-state index < -0.39 is 5.60 Å². The predicted molar refractivity (Wildman–Crippen MR) is 143 cm³/mol. The summed E-state index contributed by atoms with van der Waals surface area (Å²) in [7, 11) is 0. The summed E-state index contributed by atoms with van der Waals surface area (Å²) in [5.74, 6) is 2.24. The molecule has 0 unspecified atom stereocenters. The monoisotopic (exact) mass is 475 g/mol. The van der Waals surface area contributed by atoms with Crippen molar-refractivity contribution in [2.75, 3.05) is 39.3 Å². The highest BCUT2D eigenvalue weighted by Gasteiger charge is 2.38. The second-order valence-electron chi connectivity index (χ2n) is 11.7. The number of aryl methyl sites for hydroxylation is 1. The standard InChI is InChI=1S/C31H45N3O/c35-31(16-9-15-29-14-7-8-19-32-29)17-20-33(21-18-31)23-28-24-34(22-26-10-3-1-4-11-26)25-30(28)27-12-5-2-6-13-27/h2,5-8,12-14,19,26,28,30,35H,1,3-4,9-11,15-18,20-25H2/t28-,30+/m0/s1. The zero-order valence-electron chi connectivity index (χ0n) is 21.5. The fraction of sp³-hybridized carbons (Fsp3) is 0.645. The maximum atomic E-state index is 11.2. The number of aromatic nitrogens is 1. The molecule has 2 aromatic rings. The first-order chi connectivity index (χ1) is 17.2. The average Bonchev–Trinajstić information content (AvgIpc) is 3.29. The van der Waals surface area contributed by atoms with E-state index in [-0.39, 0.29) is 0 Å². The molecule has 0 bridgehead atoms. The molecule has 0 radical (unpaired) electrons. The van der Waals surface area contributed by atoms with E-state index in [0.717, 1.165) is 56.8 Å². The van der Waals surface area contributed by atoms with Gasteiger partial charge in [0.2, 0.25) is 0 Å². The van der Waals surface area contributed by atoms with Crippen LogP contribution in [0.3, 0.4) is 0 Å². The normalized spacial score (nSPS) is 26.2. The van der Waals surface area contributed by atoms with Crippen molar-refractivity contribution in [1.29, 1.82) is 0 Å². The molecular weight excluding hydrogens is 430 g/mol. The van der Waals surface area contributed by atoms with E-state index in [1.54, 1.807) is 0 Å². The van der Waals surface area contributed by atoms with Crippen molar-refractivity contribution in [2.45, 2.75) is 75.7 Å². The average molecular weight is 476 g/mol. The van der Waals surface area contributed by atoms with Crippen LogP contribution in [0.4, 0.5) is 0 Å². The highest BCUT2D eigenvalue weighted by Crippen LogP contribution is 2.36. The van der Waals surface area contributed by atoms with Gasteiger partial charge in [-0.2, -0.15) is 0 Å². The Kier molecular flexibility index (Phi) is 8.54. The summed E-state index contributed by atoms with van der Waals surface area (Å²) in [6, 6.07) is 17.4. The lowest BCUT2D eigenvalue weighted by molar-refractivity contribution is -0.0316. The molecule has 2 aliphatic heterocycles. The molecule has 2 atom stereocenters. The topological polar surface area (TPSA) is 39.6 Å². The number of aliphatic hydroxyl groups is 1. The van der Waals surface area contributed by atoms with E-state index in [4.69, 9.17) is 0 Å². The Morgan fingerprint density at radius 3 is 2.37 bits per heavy atom. The molecule has 1 saturated carbocycles. The molecule has 190 valence electrons. The van der Waals surface area contributed by atoms with Gasteiger partial charge in [0, 0.05) is 57.1 Å². The predicted octanol–water partition coefficient (Wildman–Crippen LogP) is 5.53. The summed E-state index contributed by atoms with van der Waals surface area (Å²) in [4.78, 5) is 9.87. The maximum Gasteiger partial charge on any atom is 0.0672 e. The highest BCUT2D eigenvalue weighted by molar-refractivity contribution is 5.22. The summed E-state index contributed by atoms with van der Waals surface area (Å²) in [5, 5.41) is 11.2. The summed E-state index contributed by atoms with van der Waals surface area (Å²) < 4.78 is 0. The van der Waals surface area contributed by atoms with Crippen LogP contribution in [0.1, 0.15) is 75.0 Å². The Morgan fingerprint density at radius 1 is 0.857 bits per heavy atom. The number of likely N-dealkylation sites (tertiary alicyclic amines) is 2. The van der Waals surface area contributed by atoms with Crippen LogP contribution in [0.25, 0.3) is 0 Å². The van der Waals surface area contributed by atoms with Crippen molar-refractivity contribution in [3.63, 3.8) is 0 Å². The Hall–Kier alpha value is -1.75. The lowest BCUT2D eigenvalue weighted by Crippen LogP contribution is -2.46. The van der Waals surface area contributed by atoms with Gasteiger partial charge in [-0.3, -0.25) is 4.98 Å². The second kappa shape index (κ2) is 12.0. The van der Waals surface area contributed by atoms with Crippen molar-refractivity contribution in [2.24, 2.45) is 11.8 Å². The summed E-state index contributed by atoms with van der Waals surface area (Å²) >= 11 is 0. The smallest absolute Gasteiger partial charge is 0.0672 e. The van der Waals surface area contributed by atoms with Gasteiger partial charge < -0.3 is 14.9 Å². The number of piperidine rings is 1. The molecule has 3 heterocycles. The van der Waals surface area contributed by atoms with Crippen molar-refractivity contribution in [1.82, 2.24) is 14.8 Å². The first-order valence-corrected chi connectivity index (χ1v) is 14.3. The van der Waals surface area contributed by atoms with Crippen LogP contribution in [-0.2, 0) is 6.42 Å². The van der Waals surface area contributed by atoms with Crippen molar-refractivity contribution in [3.8, 4) is 0 Å². The Bertz CT molecular complexity index is 875. The zero-order valence-corrected chi connectivity index (χ0v) is 21.5. The van der Waals surface area contributed by atoms with Crippen LogP contribution in [0.2, 0.25) is 0 Å². The van der Waals surface area contributed by atoms with Gasteiger partial charge in [0.25, 0.3) is 0 Å². The van der Waals surface area contributed by atoms with E-state index in [0.29, 0.717) is 11.8 Å². The molecule has 5 rings (SSSR count). The molecule has 4 nitrogen and oxygen atoms in total. The first kappa shape index (κ1) is 24.9. The van der Waals surface area contributed by atoms with Crippen LogP contribution in [0, 0.1) is 11.8 Å². The minimum Gasteiger partial charge on any atom is -0.390 e. The van der Waals surface area contributed by atoms with Crippen molar-refractivity contribution < 1.29 is 5.11 Å². The van der Waals surface area contributed by atoms with Gasteiger partial charge in [-0.25, -0.2) is 0 Å². The largest absolute Gasteiger partial charge is 0.390 e. The number of hydrogen-bond donors (Lipinski definition) is 1. The molecule has 1 N–H and O–H groups in total. The van der Waals surface area contributed by atoms with Gasteiger partial charge in [0.1, 0.15) is 0 Å². The number of nitrogens with zero attached hydrogens (tertiary/aromatic N) is 3. The number of benzene rings is 1. The number of hydrogen-bond acceptors (Lipinski definition) is 4. The summed E-state index contributed by atoms with van der Waals surface area (Å²) in [6.07, 6.45) is 13.7. The van der Waals surface area contributed by atoms with Gasteiger partial charge in [0.15, 0.2) is 0 Å². The van der Waals surface area contributed by atoms with E-state index in [9.17, 15) is 5.11 Å². The van der Waals surface area contributed by atoms with Crippen LogP contribution in [-0.4, -0.2) is 64.8 Å². The second-order valence-corrected chi connectivity index (χ2v) is 11.7. The third kappa shape index (κ3) is 6.93. The van der Waals surface area contributed by atoms with E-state index >= 15 is 0 Å². The number of pyridine rings is 1. The Labute approximate surface area is 212 Å². The van der Waals surface area contributed by atoms with Gasteiger partial charge >= 0.3 is 0 Å². The first-order valence-electron chi connectivity index (χ1n) is 14.3. The molecule has 3 fully saturated rings. The van der Waals surface area contributed by atoms with Gasteiger partial charge in [-0.05, 0) is 74.5 Å². The van der Waals surface area contributed by atoms with Crippen molar-refractivity contribution >= 4 is 0 Å². The fourth-order valence-corrected chi connectivity index (χ4v) is 6.99. The molecule has 35 heavy (non-hydrogen) atoms. The molecular formula is C31H45N3O. The lowest BCUT2D eigenvalue weighted by Gasteiger charge is -2.40. The molecule has 2 saturated heterocycles. The minimum absolute atomic E-state index is 0.493. The van der Waals surface area contributed by atoms with Crippen LogP contribution in [0.15, 0.2) is 54.7 Å². The lowest BCUT2D eigenvalue weighted by atomic mass is 9.84. The molecule has 1 aromatic carbocycles. The van der Waals surface area contributed by atoms with Crippen LogP contribution in [0.5, 0.6) is 0 Å². The summed E-state index contributed by atoms with van der Waals surface area (Å²) in [6.45, 7) is 6.99. The third-order valence-corrected chi connectivity index (χ3v) is 9.07. The SMILES string of the molecule is OC1(CCCc2ccccn2)CCN(C[C@H]2CN(CC3CCCCC3)C[C@@H]2c2ccccc2)CC1. The van der Waals surface area contributed by atoms with Crippen LogP contribution < -0.4 is 0 Å². The molecule has 1 aromatic heterocycles. The van der Waals surface area contributed by atoms with Crippen LogP contribution >= 0.6 is 0 Å². The zero-order chi connectivity index (χ0) is 23.9. The van der Waals surface area contributed by atoms with E-state index in [1.807, 2.05) is 12.3 Å². The van der Waals surface area contributed by atoms with Crippen molar-refractivity contribution in [3.05, 3.63) is 66.0 Å². The molecule has 1 aliphatic carbocycles.